The zero-order valence-corrected chi connectivity index (χ0v) is 12.3. The zero-order chi connectivity index (χ0) is 13.7. The molecule has 1 heterocycles. The summed E-state index contributed by atoms with van der Waals surface area (Å²) in [6, 6.07) is 3.79. The van der Waals surface area contributed by atoms with Gasteiger partial charge >= 0.3 is 0 Å². The highest BCUT2D eigenvalue weighted by molar-refractivity contribution is 7.84. The van der Waals surface area contributed by atoms with Gasteiger partial charge in [-0.2, -0.15) is 0 Å². The first-order valence-corrected chi connectivity index (χ1v) is 7.74. The average Bonchev–Trinajstić information content (AvgIpc) is 2.70. The molecule has 1 amide bonds. The van der Waals surface area contributed by atoms with Crippen LogP contribution in [0, 0.1) is 6.92 Å². The molecule has 0 aliphatic rings. The van der Waals surface area contributed by atoms with Gasteiger partial charge in [-0.3, -0.25) is 9.00 Å². The van der Waals surface area contributed by atoms with Crippen molar-refractivity contribution in [2.75, 3.05) is 19.1 Å². The molecule has 0 aliphatic heterocycles. The second kappa shape index (κ2) is 6.73. The third-order valence-corrected chi connectivity index (χ3v) is 3.86. The van der Waals surface area contributed by atoms with Crippen LogP contribution < -0.4 is 0 Å². The van der Waals surface area contributed by atoms with Gasteiger partial charge in [-0.25, -0.2) is 0 Å². The molecule has 1 rings (SSSR count). The second-order valence-electron chi connectivity index (χ2n) is 4.61. The van der Waals surface area contributed by atoms with E-state index in [9.17, 15) is 9.00 Å². The summed E-state index contributed by atoms with van der Waals surface area (Å²) < 4.78 is 16.5. The lowest BCUT2D eigenvalue weighted by Gasteiger charge is -2.24. The first-order valence-electron chi connectivity index (χ1n) is 6.01. The number of nitrogens with zero attached hydrogens (tertiary/aromatic N) is 1. The quantitative estimate of drug-likeness (QED) is 0.792. The fraction of sp³-hybridized carbons (Fsp3) is 0.615. The van der Waals surface area contributed by atoms with Gasteiger partial charge in [-0.1, -0.05) is 0 Å². The highest BCUT2D eigenvalue weighted by atomic mass is 32.2. The summed E-state index contributed by atoms with van der Waals surface area (Å²) in [7, 11) is 0.875. The lowest BCUT2D eigenvalue weighted by atomic mass is 10.2. The molecule has 0 saturated carbocycles. The topological polar surface area (TPSA) is 50.5 Å². The molecular weight excluding hydrogens is 250 g/mol. The van der Waals surface area contributed by atoms with E-state index in [-0.39, 0.29) is 11.9 Å². The van der Waals surface area contributed by atoms with E-state index in [0.717, 1.165) is 11.5 Å². The number of carbonyl (C=O) groups excluding carboxylic acids is 1. The van der Waals surface area contributed by atoms with Crippen molar-refractivity contribution in [1.82, 2.24) is 4.90 Å². The predicted molar refractivity (Wildman–Crippen MR) is 72.9 cm³/mol. The van der Waals surface area contributed by atoms with E-state index in [1.807, 2.05) is 26.0 Å². The number of rotatable bonds is 6. The van der Waals surface area contributed by atoms with E-state index in [2.05, 4.69) is 0 Å². The van der Waals surface area contributed by atoms with Crippen molar-refractivity contribution in [3.05, 3.63) is 23.7 Å². The van der Waals surface area contributed by atoms with Crippen molar-refractivity contribution >= 4 is 16.7 Å². The highest BCUT2D eigenvalue weighted by Crippen LogP contribution is 2.10. The van der Waals surface area contributed by atoms with E-state index in [1.54, 1.807) is 18.2 Å². The fourth-order valence-corrected chi connectivity index (χ4v) is 2.63. The van der Waals surface area contributed by atoms with E-state index < -0.39 is 10.8 Å². The summed E-state index contributed by atoms with van der Waals surface area (Å²) in [6.45, 7) is 3.80. The first-order chi connectivity index (χ1) is 8.40. The fourth-order valence-electron chi connectivity index (χ4n) is 1.72. The number of furan rings is 1. The maximum absolute atomic E-state index is 11.9. The molecule has 0 spiro atoms. The number of hydrogen-bond donors (Lipinski definition) is 0. The summed E-state index contributed by atoms with van der Waals surface area (Å²) in [5.74, 6) is 2.27. The Balaban J connectivity index is 2.42. The van der Waals surface area contributed by atoms with Crippen LogP contribution in [0.2, 0.25) is 0 Å². The Bertz CT molecular complexity index is 428. The Labute approximate surface area is 111 Å². The molecule has 0 fully saturated rings. The molecule has 2 atom stereocenters. The van der Waals surface area contributed by atoms with Gasteiger partial charge in [0.15, 0.2) is 0 Å². The summed E-state index contributed by atoms with van der Waals surface area (Å²) >= 11 is 0. The van der Waals surface area contributed by atoms with Crippen LogP contribution in [-0.4, -0.2) is 40.1 Å². The van der Waals surface area contributed by atoms with Crippen LogP contribution in [0.15, 0.2) is 16.5 Å². The molecule has 0 bridgehead atoms. The minimum absolute atomic E-state index is 0.00155. The Morgan fingerprint density at radius 2 is 2.17 bits per heavy atom. The van der Waals surface area contributed by atoms with Gasteiger partial charge in [0, 0.05) is 48.7 Å². The van der Waals surface area contributed by atoms with Crippen molar-refractivity contribution in [2.24, 2.45) is 0 Å². The third-order valence-electron chi connectivity index (χ3n) is 2.91. The van der Waals surface area contributed by atoms with Crippen LogP contribution >= 0.6 is 0 Å². The van der Waals surface area contributed by atoms with Gasteiger partial charge < -0.3 is 9.32 Å². The maximum atomic E-state index is 11.9. The van der Waals surface area contributed by atoms with Crippen molar-refractivity contribution in [1.29, 1.82) is 0 Å². The van der Waals surface area contributed by atoms with Gasteiger partial charge in [0.05, 0.1) is 0 Å². The molecule has 0 saturated heterocycles. The Morgan fingerprint density at radius 1 is 1.50 bits per heavy atom. The molecule has 4 nitrogen and oxygen atoms in total. The summed E-state index contributed by atoms with van der Waals surface area (Å²) in [5, 5.41) is 0. The van der Waals surface area contributed by atoms with E-state index >= 15 is 0 Å². The maximum Gasteiger partial charge on any atom is 0.223 e. The molecule has 5 heteroatoms. The number of hydrogen-bond acceptors (Lipinski definition) is 3. The van der Waals surface area contributed by atoms with Gasteiger partial charge in [-0.05, 0) is 26.0 Å². The largest absolute Gasteiger partial charge is 0.466 e. The van der Waals surface area contributed by atoms with Gasteiger partial charge in [-0.15, -0.1) is 0 Å². The molecule has 0 radical (unpaired) electrons. The SMILES string of the molecule is Cc1ccc(CCC(=O)N(C)[C@@H](C)C[S@](C)=O)o1. The molecule has 18 heavy (non-hydrogen) atoms. The van der Waals surface area contributed by atoms with Crippen LogP contribution in [0.4, 0.5) is 0 Å². The van der Waals surface area contributed by atoms with Crippen molar-refractivity contribution in [3.8, 4) is 0 Å². The molecule has 1 aromatic heterocycles. The second-order valence-corrected chi connectivity index (χ2v) is 6.09. The van der Waals surface area contributed by atoms with Gasteiger partial charge in [0.1, 0.15) is 11.5 Å². The summed E-state index contributed by atoms with van der Waals surface area (Å²) in [5.41, 5.74) is 0. The number of aryl methyl sites for hydroxylation is 2. The standard InChI is InChI=1S/C13H21NO3S/c1-10(9-18(4)16)14(3)13(15)8-7-12-6-5-11(2)17-12/h5-6,10H,7-9H2,1-4H3/t10-,18-/m0/s1. The summed E-state index contributed by atoms with van der Waals surface area (Å²) in [6.07, 6.45) is 2.68. The smallest absolute Gasteiger partial charge is 0.223 e. The van der Waals surface area contributed by atoms with Crippen LogP contribution in [-0.2, 0) is 22.0 Å². The first kappa shape index (κ1) is 15.0. The lowest BCUT2D eigenvalue weighted by molar-refractivity contribution is -0.131. The normalized spacial score (nSPS) is 14.2. The van der Waals surface area contributed by atoms with Crippen LogP contribution in [0.1, 0.15) is 24.9 Å². The van der Waals surface area contributed by atoms with Crippen LogP contribution in [0.3, 0.4) is 0 Å². The molecule has 0 aromatic carbocycles. The van der Waals surface area contributed by atoms with E-state index in [4.69, 9.17) is 4.42 Å². The van der Waals surface area contributed by atoms with Crippen molar-refractivity contribution in [2.45, 2.75) is 32.7 Å². The lowest BCUT2D eigenvalue weighted by Crippen LogP contribution is -2.38. The van der Waals surface area contributed by atoms with E-state index in [0.29, 0.717) is 18.6 Å². The van der Waals surface area contributed by atoms with Crippen molar-refractivity contribution in [3.63, 3.8) is 0 Å². The average molecular weight is 271 g/mol. The number of amides is 1. The van der Waals surface area contributed by atoms with Crippen LogP contribution in [0.5, 0.6) is 0 Å². The van der Waals surface area contributed by atoms with Gasteiger partial charge in [0.25, 0.3) is 0 Å². The summed E-state index contributed by atoms with van der Waals surface area (Å²) in [4.78, 5) is 13.6. The molecule has 0 N–H and O–H groups in total. The molecule has 0 unspecified atom stereocenters. The molecule has 0 aliphatic carbocycles. The predicted octanol–water partition coefficient (Wildman–Crippen LogP) is 1.75. The zero-order valence-electron chi connectivity index (χ0n) is 11.4. The Hall–Kier alpha value is -1.10. The highest BCUT2D eigenvalue weighted by Gasteiger charge is 2.17. The Morgan fingerprint density at radius 3 is 2.67 bits per heavy atom. The Kier molecular flexibility index (Phi) is 5.59. The number of carbonyl (C=O) groups is 1. The monoisotopic (exact) mass is 271 g/mol. The van der Waals surface area contributed by atoms with Gasteiger partial charge in [0.2, 0.25) is 5.91 Å². The minimum Gasteiger partial charge on any atom is -0.466 e. The van der Waals surface area contributed by atoms with Crippen LogP contribution in [0.25, 0.3) is 0 Å². The molecule has 1 aromatic rings. The van der Waals surface area contributed by atoms with Crippen molar-refractivity contribution < 1.29 is 13.4 Å². The third kappa shape index (κ3) is 4.64. The minimum atomic E-state index is -0.882. The molecular formula is C13H21NO3S. The van der Waals surface area contributed by atoms with E-state index in [1.165, 1.54) is 0 Å². The molecule has 102 valence electrons.